The molecule has 1 heterocycles. The second kappa shape index (κ2) is 5.97. The summed E-state index contributed by atoms with van der Waals surface area (Å²) in [7, 11) is 0. The Morgan fingerprint density at radius 2 is 2.11 bits per heavy atom. The van der Waals surface area contributed by atoms with Crippen molar-refractivity contribution in [3.05, 3.63) is 39.2 Å². The molecule has 0 saturated heterocycles. The molecule has 0 bridgehead atoms. The Morgan fingerprint density at radius 1 is 1.33 bits per heavy atom. The molecule has 1 aromatic heterocycles. The summed E-state index contributed by atoms with van der Waals surface area (Å²) in [6.45, 7) is 0. The van der Waals surface area contributed by atoms with Crippen molar-refractivity contribution in [2.24, 2.45) is 0 Å². The summed E-state index contributed by atoms with van der Waals surface area (Å²) in [5.41, 5.74) is 6.58. The molecule has 0 radical (unpaired) electrons. The van der Waals surface area contributed by atoms with Gasteiger partial charge >= 0.3 is 0 Å². The Labute approximate surface area is 123 Å². The number of carbonyl (C=O) groups is 1. The number of benzene rings is 1. The predicted molar refractivity (Wildman–Crippen MR) is 79.1 cm³/mol. The van der Waals surface area contributed by atoms with Crippen molar-refractivity contribution in [3.8, 4) is 0 Å². The molecule has 1 aromatic carbocycles. The lowest BCUT2D eigenvalue weighted by Crippen LogP contribution is -1.82. The normalized spacial score (nSPS) is 10.6. The molecule has 0 fully saturated rings. The fourth-order valence-electron chi connectivity index (χ4n) is 1.36. The maximum absolute atomic E-state index is 10.5. The van der Waals surface area contributed by atoms with Crippen molar-refractivity contribution < 1.29 is 4.79 Å². The first-order chi connectivity index (χ1) is 8.60. The lowest BCUT2D eigenvalue weighted by molar-refractivity contribution is -0.107. The third-order valence-electron chi connectivity index (χ3n) is 2.16. The van der Waals surface area contributed by atoms with Crippen LogP contribution in [0.4, 0.5) is 5.69 Å². The molecule has 0 spiro atoms. The van der Waals surface area contributed by atoms with Crippen molar-refractivity contribution in [1.82, 2.24) is 0 Å². The van der Waals surface area contributed by atoms with Gasteiger partial charge in [-0.2, -0.15) is 0 Å². The van der Waals surface area contributed by atoms with Crippen LogP contribution in [0.25, 0.3) is 0 Å². The highest BCUT2D eigenvalue weighted by atomic mass is 35.5. The highest BCUT2D eigenvalue weighted by Crippen LogP contribution is 2.41. The smallest absolute Gasteiger partial charge is 0.125 e. The molecule has 0 atom stereocenters. The van der Waals surface area contributed by atoms with Crippen LogP contribution in [-0.2, 0) is 11.2 Å². The van der Waals surface area contributed by atoms with E-state index in [9.17, 15) is 4.79 Å². The summed E-state index contributed by atoms with van der Waals surface area (Å²) in [4.78, 5) is 12.3. The van der Waals surface area contributed by atoms with E-state index in [0.717, 1.165) is 20.3 Å². The number of carbonyl (C=O) groups excluding carboxylic acids is 1. The Balaban J connectivity index is 2.25. The van der Waals surface area contributed by atoms with Gasteiger partial charge in [-0.15, -0.1) is 11.3 Å². The van der Waals surface area contributed by atoms with Crippen LogP contribution in [0.3, 0.4) is 0 Å². The van der Waals surface area contributed by atoms with Gasteiger partial charge in [0.05, 0.1) is 14.9 Å². The molecule has 94 valence electrons. The van der Waals surface area contributed by atoms with E-state index in [2.05, 4.69) is 0 Å². The summed E-state index contributed by atoms with van der Waals surface area (Å²) in [6.07, 6.45) is 1.26. The van der Waals surface area contributed by atoms with Crippen LogP contribution in [0.2, 0.25) is 10.0 Å². The standard InChI is InChI=1S/C12H9Cl2NOS2/c13-7-1-2-11(9(14)5-7)18-12-10(15)6-8(17-12)3-4-16/h1-2,4-6H,3,15H2. The highest BCUT2D eigenvalue weighted by Gasteiger charge is 2.10. The lowest BCUT2D eigenvalue weighted by Gasteiger charge is -2.03. The molecule has 18 heavy (non-hydrogen) atoms. The van der Waals surface area contributed by atoms with Gasteiger partial charge in [0, 0.05) is 21.2 Å². The maximum Gasteiger partial charge on any atom is 0.125 e. The van der Waals surface area contributed by atoms with E-state index in [1.165, 1.54) is 23.1 Å². The van der Waals surface area contributed by atoms with Crippen LogP contribution < -0.4 is 5.73 Å². The topological polar surface area (TPSA) is 43.1 Å². The number of halogens is 2. The van der Waals surface area contributed by atoms with E-state index in [1.54, 1.807) is 12.1 Å². The van der Waals surface area contributed by atoms with Gasteiger partial charge in [-0.25, -0.2) is 0 Å². The SMILES string of the molecule is Nc1cc(CC=O)sc1Sc1ccc(Cl)cc1Cl. The fourth-order valence-corrected chi connectivity index (χ4v) is 4.06. The van der Waals surface area contributed by atoms with Crippen molar-refractivity contribution in [2.45, 2.75) is 15.5 Å². The molecule has 2 aromatic rings. The van der Waals surface area contributed by atoms with Gasteiger partial charge in [0.2, 0.25) is 0 Å². The molecule has 2 rings (SSSR count). The van der Waals surface area contributed by atoms with E-state index in [1.807, 2.05) is 12.1 Å². The zero-order chi connectivity index (χ0) is 13.1. The predicted octanol–water partition coefficient (Wildman–Crippen LogP) is 4.53. The average Bonchev–Trinajstić information content (AvgIpc) is 2.64. The average molecular weight is 318 g/mol. The van der Waals surface area contributed by atoms with Gasteiger partial charge < -0.3 is 10.5 Å². The van der Waals surface area contributed by atoms with Crippen LogP contribution >= 0.6 is 46.3 Å². The number of aldehydes is 1. The van der Waals surface area contributed by atoms with Gasteiger partial charge in [-0.3, -0.25) is 0 Å². The number of hydrogen-bond acceptors (Lipinski definition) is 4. The molecule has 0 unspecified atom stereocenters. The molecule has 0 saturated carbocycles. The monoisotopic (exact) mass is 317 g/mol. The molecule has 0 aliphatic heterocycles. The van der Waals surface area contributed by atoms with Crippen molar-refractivity contribution in [2.75, 3.05) is 5.73 Å². The van der Waals surface area contributed by atoms with Crippen LogP contribution in [-0.4, -0.2) is 6.29 Å². The van der Waals surface area contributed by atoms with Gasteiger partial charge in [0.1, 0.15) is 6.29 Å². The summed E-state index contributed by atoms with van der Waals surface area (Å²) in [5.74, 6) is 0. The zero-order valence-corrected chi connectivity index (χ0v) is 12.3. The molecular weight excluding hydrogens is 309 g/mol. The van der Waals surface area contributed by atoms with Crippen LogP contribution in [0.1, 0.15) is 4.88 Å². The van der Waals surface area contributed by atoms with Gasteiger partial charge in [0.15, 0.2) is 0 Å². The zero-order valence-electron chi connectivity index (χ0n) is 9.15. The summed E-state index contributed by atoms with van der Waals surface area (Å²) in [6, 6.07) is 7.16. The number of thiophene rings is 1. The molecule has 2 nitrogen and oxygen atoms in total. The molecular formula is C12H9Cl2NOS2. The molecule has 2 N–H and O–H groups in total. The van der Waals surface area contributed by atoms with Crippen LogP contribution in [0.5, 0.6) is 0 Å². The number of hydrogen-bond donors (Lipinski definition) is 1. The van der Waals surface area contributed by atoms with Crippen molar-refractivity contribution in [1.29, 1.82) is 0 Å². The highest BCUT2D eigenvalue weighted by molar-refractivity contribution is 8.01. The first-order valence-electron chi connectivity index (χ1n) is 5.05. The second-order valence-electron chi connectivity index (χ2n) is 3.50. The number of nitrogens with two attached hydrogens (primary N) is 1. The lowest BCUT2D eigenvalue weighted by atomic mass is 10.3. The van der Waals surface area contributed by atoms with Gasteiger partial charge in [-0.05, 0) is 24.3 Å². The minimum absolute atomic E-state index is 0.393. The van der Waals surface area contributed by atoms with Crippen molar-refractivity contribution >= 4 is 58.3 Å². The van der Waals surface area contributed by atoms with Gasteiger partial charge in [0.25, 0.3) is 0 Å². The Hall–Kier alpha value is -0.680. The van der Waals surface area contributed by atoms with Crippen LogP contribution in [0.15, 0.2) is 33.4 Å². The van der Waals surface area contributed by atoms with Crippen LogP contribution in [0, 0.1) is 0 Å². The fraction of sp³-hybridized carbons (Fsp3) is 0.0833. The number of anilines is 1. The Kier molecular flexibility index (Phi) is 4.56. The Morgan fingerprint density at radius 3 is 2.78 bits per heavy atom. The van der Waals surface area contributed by atoms with Gasteiger partial charge in [-0.1, -0.05) is 35.0 Å². The van der Waals surface area contributed by atoms with E-state index in [4.69, 9.17) is 28.9 Å². The number of rotatable bonds is 4. The minimum Gasteiger partial charge on any atom is -0.397 e. The minimum atomic E-state index is 0.393. The maximum atomic E-state index is 10.5. The quantitative estimate of drug-likeness (QED) is 0.842. The number of nitrogen functional groups attached to an aromatic ring is 1. The third-order valence-corrected chi connectivity index (χ3v) is 5.28. The summed E-state index contributed by atoms with van der Waals surface area (Å²) in [5, 5.41) is 1.20. The van der Waals surface area contributed by atoms with E-state index >= 15 is 0 Å². The van der Waals surface area contributed by atoms with E-state index in [-0.39, 0.29) is 0 Å². The molecule has 0 aliphatic rings. The second-order valence-corrected chi connectivity index (χ2v) is 6.79. The Bertz CT molecular complexity index is 583. The van der Waals surface area contributed by atoms with Crippen molar-refractivity contribution in [3.63, 3.8) is 0 Å². The first-order valence-corrected chi connectivity index (χ1v) is 7.43. The molecule has 0 aliphatic carbocycles. The molecule has 0 amide bonds. The summed E-state index contributed by atoms with van der Waals surface area (Å²) >= 11 is 14.9. The molecule has 6 heteroatoms. The first kappa shape index (κ1) is 13.7. The third kappa shape index (κ3) is 3.20. The van der Waals surface area contributed by atoms with E-state index < -0.39 is 0 Å². The summed E-state index contributed by atoms with van der Waals surface area (Å²) < 4.78 is 0.941. The largest absolute Gasteiger partial charge is 0.397 e. The van der Waals surface area contributed by atoms with E-state index in [0.29, 0.717) is 22.2 Å².